The van der Waals surface area contributed by atoms with E-state index >= 15 is 0 Å². The number of hydrogen-bond acceptors (Lipinski definition) is 6. The van der Waals surface area contributed by atoms with Crippen LogP contribution < -0.4 is 22.5 Å². The minimum atomic E-state index is -0.750. The van der Waals surface area contributed by atoms with Gasteiger partial charge in [-0.05, 0) is 6.07 Å². The highest BCUT2D eigenvalue weighted by molar-refractivity contribution is 6.00. The molecule has 0 aliphatic carbocycles. The zero-order valence-corrected chi connectivity index (χ0v) is 8.47. The molecule has 1 aromatic rings. The molecule has 6 N–H and O–H groups in total. The lowest BCUT2D eigenvalue weighted by Gasteiger charge is -2.03. The van der Waals surface area contributed by atoms with Gasteiger partial charge in [0.2, 0.25) is 0 Å². The van der Waals surface area contributed by atoms with E-state index in [1.54, 1.807) is 0 Å². The summed E-state index contributed by atoms with van der Waals surface area (Å²) in [5.74, 6) is 8.29. The Bertz CT molecular complexity index is 453. The maximum absolute atomic E-state index is 11.2. The van der Waals surface area contributed by atoms with Crippen LogP contribution in [0.15, 0.2) is 18.2 Å². The molecule has 0 aliphatic heterocycles. The molecule has 2 amide bonds. The van der Waals surface area contributed by atoms with Gasteiger partial charge in [0.05, 0.1) is 4.92 Å². The van der Waals surface area contributed by atoms with E-state index in [0.29, 0.717) is 0 Å². The lowest BCUT2D eigenvalue weighted by Crippen LogP contribution is -2.32. The molecule has 0 fully saturated rings. The van der Waals surface area contributed by atoms with E-state index in [-0.39, 0.29) is 11.1 Å². The third kappa shape index (κ3) is 2.74. The van der Waals surface area contributed by atoms with Crippen LogP contribution in [0.4, 0.5) is 5.69 Å². The molecule has 9 nitrogen and oxygen atoms in total. The third-order valence-electron chi connectivity index (χ3n) is 1.92. The first kappa shape index (κ1) is 12.5. The second-order valence-corrected chi connectivity index (χ2v) is 2.97. The SMILES string of the molecule is NNC(=O)c1cc(C(=O)NN)cc([N+](=O)[O-])c1. The monoisotopic (exact) mass is 239 g/mol. The van der Waals surface area contributed by atoms with E-state index in [2.05, 4.69) is 0 Å². The van der Waals surface area contributed by atoms with Crippen molar-refractivity contribution >= 4 is 17.5 Å². The van der Waals surface area contributed by atoms with Crippen molar-refractivity contribution in [2.75, 3.05) is 0 Å². The van der Waals surface area contributed by atoms with E-state index in [9.17, 15) is 19.7 Å². The molecule has 17 heavy (non-hydrogen) atoms. The number of nitro benzene ring substituents is 1. The standard InChI is InChI=1S/C8H9N5O4/c9-11-7(14)4-1-5(8(15)12-10)3-6(2-4)13(16)17/h1-3H,9-10H2,(H,11,14)(H,12,15). The van der Waals surface area contributed by atoms with Crippen molar-refractivity contribution in [2.24, 2.45) is 11.7 Å². The number of nitrogens with zero attached hydrogens (tertiary/aromatic N) is 1. The van der Waals surface area contributed by atoms with Crippen molar-refractivity contribution in [3.63, 3.8) is 0 Å². The highest BCUT2D eigenvalue weighted by atomic mass is 16.6. The summed E-state index contributed by atoms with van der Waals surface area (Å²) in [6.45, 7) is 0. The quantitative estimate of drug-likeness (QED) is 0.225. The van der Waals surface area contributed by atoms with Gasteiger partial charge in [-0.25, -0.2) is 11.7 Å². The van der Waals surface area contributed by atoms with E-state index < -0.39 is 22.4 Å². The molecule has 0 saturated carbocycles. The fourth-order valence-corrected chi connectivity index (χ4v) is 1.15. The van der Waals surface area contributed by atoms with Gasteiger partial charge in [0.25, 0.3) is 17.5 Å². The van der Waals surface area contributed by atoms with Crippen LogP contribution in [0.3, 0.4) is 0 Å². The molecule has 9 heteroatoms. The summed E-state index contributed by atoms with van der Waals surface area (Å²) < 4.78 is 0. The molecule has 0 spiro atoms. The number of benzene rings is 1. The van der Waals surface area contributed by atoms with Gasteiger partial charge < -0.3 is 0 Å². The second-order valence-electron chi connectivity index (χ2n) is 2.97. The van der Waals surface area contributed by atoms with Crippen LogP contribution in [0, 0.1) is 10.1 Å². The van der Waals surface area contributed by atoms with Crippen molar-refractivity contribution in [2.45, 2.75) is 0 Å². The lowest BCUT2D eigenvalue weighted by molar-refractivity contribution is -0.384. The minimum absolute atomic E-state index is 0.111. The van der Waals surface area contributed by atoms with Crippen molar-refractivity contribution in [3.8, 4) is 0 Å². The molecule has 0 atom stereocenters. The van der Waals surface area contributed by atoms with Gasteiger partial charge in [0.1, 0.15) is 0 Å². The van der Waals surface area contributed by atoms with Crippen LogP contribution in [-0.2, 0) is 0 Å². The molecular weight excluding hydrogens is 230 g/mol. The van der Waals surface area contributed by atoms with Crippen LogP contribution in [0.2, 0.25) is 0 Å². The van der Waals surface area contributed by atoms with Gasteiger partial charge in [-0.1, -0.05) is 0 Å². The number of nitrogens with two attached hydrogens (primary N) is 2. The number of amides is 2. The van der Waals surface area contributed by atoms with Crippen molar-refractivity contribution in [1.82, 2.24) is 10.9 Å². The minimum Gasteiger partial charge on any atom is -0.290 e. The number of nitro groups is 1. The second kappa shape index (κ2) is 5.01. The van der Waals surface area contributed by atoms with E-state index in [0.717, 1.165) is 18.2 Å². The van der Waals surface area contributed by atoms with Crippen LogP contribution >= 0.6 is 0 Å². The first-order chi connectivity index (χ1) is 7.99. The van der Waals surface area contributed by atoms with Crippen molar-refractivity contribution in [3.05, 3.63) is 39.4 Å². The Morgan fingerprint density at radius 1 is 1.06 bits per heavy atom. The largest absolute Gasteiger partial charge is 0.290 e. The van der Waals surface area contributed by atoms with Crippen molar-refractivity contribution in [1.29, 1.82) is 0 Å². The molecule has 0 unspecified atom stereocenters. The molecule has 1 aromatic carbocycles. The molecule has 1 rings (SSSR count). The van der Waals surface area contributed by atoms with Gasteiger partial charge >= 0.3 is 0 Å². The summed E-state index contributed by atoms with van der Waals surface area (Å²) in [6.07, 6.45) is 0. The highest BCUT2D eigenvalue weighted by Gasteiger charge is 2.16. The van der Waals surface area contributed by atoms with E-state index in [1.165, 1.54) is 0 Å². The summed E-state index contributed by atoms with van der Waals surface area (Å²) in [5.41, 5.74) is 2.98. The molecule has 0 heterocycles. The number of rotatable bonds is 3. The Labute approximate surface area is 94.9 Å². The lowest BCUT2D eigenvalue weighted by atomic mass is 10.1. The zero-order chi connectivity index (χ0) is 13.0. The number of hydrazine groups is 2. The Balaban J connectivity index is 3.33. The first-order valence-corrected chi connectivity index (χ1v) is 4.31. The molecule has 0 radical (unpaired) electrons. The Hall–Kier alpha value is -2.52. The van der Waals surface area contributed by atoms with Gasteiger partial charge in [0.15, 0.2) is 0 Å². The summed E-state index contributed by atoms with van der Waals surface area (Å²) in [7, 11) is 0. The van der Waals surface area contributed by atoms with Gasteiger partial charge in [-0.2, -0.15) is 0 Å². The van der Waals surface area contributed by atoms with Crippen LogP contribution in [0.1, 0.15) is 20.7 Å². The smallest absolute Gasteiger partial charge is 0.271 e. The topological polar surface area (TPSA) is 153 Å². The Morgan fingerprint density at radius 3 is 1.76 bits per heavy atom. The maximum atomic E-state index is 11.2. The average Bonchev–Trinajstić information content (AvgIpc) is 2.36. The first-order valence-electron chi connectivity index (χ1n) is 4.31. The van der Waals surface area contributed by atoms with Gasteiger partial charge in [-0.15, -0.1) is 0 Å². The van der Waals surface area contributed by atoms with Gasteiger partial charge in [-0.3, -0.25) is 30.6 Å². The number of carbonyl (C=O) groups excluding carboxylic acids is 2. The Morgan fingerprint density at radius 2 is 1.47 bits per heavy atom. The summed E-state index contributed by atoms with van der Waals surface area (Å²) >= 11 is 0. The summed E-state index contributed by atoms with van der Waals surface area (Å²) in [6, 6.07) is 3.13. The molecule has 0 saturated heterocycles. The van der Waals surface area contributed by atoms with Crippen LogP contribution in [-0.4, -0.2) is 16.7 Å². The molecule has 0 aromatic heterocycles. The molecule has 0 bridgehead atoms. The number of carbonyl (C=O) groups is 2. The van der Waals surface area contributed by atoms with Gasteiger partial charge in [0, 0.05) is 23.3 Å². The molecule has 0 aliphatic rings. The fourth-order valence-electron chi connectivity index (χ4n) is 1.15. The Kier molecular flexibility index (Phi) is 3.70. The van der Waals surface area contributed by atoms with Crippen LogP contribution in [0.5, 0.6) is 0 Å². The maximum Gasteiger partial charge on any atom is 0.271 e. The normalized spacial score (nSPS) is 9.53. The summed E-state index contributed by atoms with van der Waals surface area (Å²) in [4.78, 5) is 32.3. The molecular formula is C8H9N5O4. The molecule has 90 valence electrons. The number of non-ortho nitro benzene ring substituents is 1. The fraction of sp³-hybridized carbons (Fsp3) is 0. The van der Waals surface area contributed by atoms with Crippen molar-refractivity contribution < 1.29 is 14.5 Å². The highest BCUT2D eigenvalue weighted by Crippen LogP contribution is 2.17. The number of hydrogen-bond donors (Lipinski definition) is 4. The average molecular weight is 239 g/mol. The predicted octanol–water partition coefficient (Wildman–Crippen LogP) is -1.20. The van der Waals surface area contributed by atoms with Crippen LogP contribution in [0.25, 0.3) is 0 Å². The number of nitrogen functional groups attached to an aromatic ring is 2. The van der Waals surface area contributed by atoms with E-state index in [1.807, 2.05) is 10.9 Å². The third-order valence-corrected chi connectivity index (χ3v) is 1.92. The van der Waals surface area contributed by atoms with E-state index in [4.69, 9.17) is 11.7 Å². The predicted molar refractivity (Wildman–Crippen MR) is 56.4 cm³/mol. The number of nitrogens with one attached hydrogen (secondary N) is 2. The zero-order valence-electron chi connectivity index (χ0n) is 8.47. The summed E-state index contributed by atoms with van der Waals surface area (Å²) in [5, 5.41) is 10.6.